The number of carbonyl (C=O) groups excluding carboxylic acids is 1. The third-order valence-electron chi connectivity index (χ3n) is 4.43. The van der Waals surface area contributed by atoms with Crippen LogP contribution in [0.3, 0.4) is 0 Å². The summed E-state index contributed by atoms with van der Waals surface area (Å²) in [5.41, 5.74) is 6.52. The predicted octanol–water partition coefficient (Wildman–Crippen LogP) is 4.40. The van der Waals surface area contributed by atoms with Crippen LogP contribution in [0, 0.1) is 0 Å². The lowest BCUT2D eigenvalue weighted by molar-refractivity contribution is -0.114. The first-order valence-electron chi connectivity index (χ1n) is 7.74. The van der Waals surface area contributed by atoms with Gasteiger partial charge in [-0.3, -0.25) is 4.79 Å². The Bertz CT molecular complexity index is 677. The van der Waals surface area contributed by atoms with Crippen molar-refractivity contribution in [1.82, 2.24) is 0 Å². The summed E-state index contributed by atoms with van der Waals surface area (Å²) < 4.78 is 0. The van der Waals surface area contributed by atoms with E-state index in [9.17, 15) is 4.79 Å². The summed E-state index contributed by atoms with van der Waals surface area (Å²) in [5, 5.41) is 0. The zero-order valence-electron chi connectivity index (χ0n) is 12.8. The third-order valence-corrected chi connectivity index (χ3v) is 4.43. The maximum absolute atomic E-state index is 12.6. The molecule has 2 aliphatic rings. The van der Waals surface area contributed by atoms with Gasteiger partial charge in [0.2, 0.25) is 0 Å². The van der Waals surface area contributed by atoms with Crippen molar-refractivity contribution >= 4 is 11.6 Å². The van der Waals surface area contributed by atoms with Gasteiger partial charge in [-0.05, 0) is 62.7 Å². The van der Waals surface area contributed by atoms with Crippen LogP contribution in [0.5, 0.6) is 0 Å². The molecule has 0 saturated heterocycles. The summed E-state index contributed by atoms with van der Waals surface area (Å²) in [6.45, 7) is 4.07. The van der Waals surface area contributed by atoms with E-state index >= 15 is 0 Å². The topological polar surface area (TPSA) is 29.4 Å². The van der Waals surface area contributed by atoms with Gasteiger partial charge in [0.05, 0.1) is 5.71 Å². The normalized spacial score (nSPS) is 20.3. The molecule has 0 N–H and O–H groups in total. The Morgan fingerprint density at radius 2 is 1.90 bits per heavy atom. The number of amides is 1. The minimum absolute atomic E-state index is 0.0624. The summed E-state index contributed by atoms with van der Waals surface area (Å²) in [6.07, 6.45) is 7.22. The predicted molar refractivity (Wildman–Crippen MR) is 86.6 cm³/mol. The highest BCUT2D eigenvalue weighted by Crippen LogP contribution is 2.27. The van der Waals surface area contributed by atoms with Crippen LogP contribution in [-0.4, -0.2) is 11.6 Å². The van der Waals surface area contributed by atoms with E-state index in [-0.39, 0.29) is 5.91 Å². The summed E-state index contributed by atoms with van der Waals surface area (Å²) >= 11 is 0. The first-order valence-corrected chi connectivity index (χ1v) is 7.74. The molecule has 0 bridgehead atoms. The molecule has 3 rings (SSSR count). The second-order valence-electron chi connectivity index (χ2n) is 5.96. The molecule has 108 valence electrons. The quantitative estimate of drug-likeness (QED) is 0.749. The highest BCUT2D eigenvalue weighted by molar-refractivity contribution is 6.12. The largest absolute Gasteiger partial charge is 0.277 e. The fraction of sp³-hybridized carbons (Fsp3) is 0.368. The summed E-state index contributed by atoms with van der Waals surface area (Å²) in [4.78, 5) is 17.1. The molecule has 0 spiro atoms. The Morgan fingerprint density at radius 1 is 1.10 bits per heavy atom. The second kappa shape index (κ2) is 5.80. The minimum Gasteiger partial charge on any atom is -0.267 e. The smallest absolute Gasteiger partial charge is 0.267 e. The van der Waals surface area contributed by atoms with Crippen molar-refractivity contribution in [3.05, 3.63) is 58.2 Å². The summed E-state index contributed by atoms with van der Waals surface area (Å²) in [5.74, 6) is -0.0624. The Balaban J connectivity index is 1.96. The van der Waals surface area contributed by atoms with E-state index in [2.05, 4.69) is 36.2 Å². The van der Waals surface area contributed by atoms with Gasteiger partial charge in [-0.2, -0.15) is 0 Å². The SMILES string of the molecule is CC1=CCCC(C)=C1C(=O)N=C1CCCc2ccccc21. The highest BCUT2D eigenvalue weighted by atomic mass is 16.1. The van der Waals surface area contributed by atoms with Crippen molar-refractivity contribution in [2.75, 3.05) is 0 Å². The molecule has 0 radical (unpaired) electrons. The van der Waals surface area contributed by atoms with Crippen LogP contribution < -0.4 is 0 Å². The van der Waals surface area contributed by atoms with Gasteiger partial charge in [0.15, 0.2) is 0 Å². The second-order valence-corrected chi connectivity index (χ2v) is 5.96. The van der Waals surface area contributed by atoms with Crippen LogP contribution >= 0.6 is 0 Å². The average Bonchev–Trinajstić information content (AvgIpc) is 2.47. The lowest BCUT2D eigenvalue weighted by Gasteiger charge is -2.19. The lowest BCUT2D eigenvalue weighted by Crippen LogP contribution is -2.15. The van der Waals surface area contributed by atoms with Crippen molar-refractivity contribution in [3.8, 4) is 0 Å². The lowest BCUT2D eigenvalue weighted by atomic mass is 9.89. The van der Waals surface area contributed by atoms with Gasteiger partial charge in [0.1, 0.15) is 0 Å². The zero-order chi connectivity index (χ0) is 14.8. The number of rotatable bonds is 1. The Kier molecular flexibility index (Phi) is 3.87. The molecule has 2 aliphatic carbocycles. The van der Waals surface area contributed by atoms with Gasteiger partial charge in [-0.1, -0.05) is 35.9 Å². The maximum atomic E-state index is 12.6. The van der Waals surface area contributed by atoms with Crippen molar-refractivity contribution in [2.45, 2.75) is 46.0 Å². The molecular formula is C19H21NO. The molecule has 0 aliphatic heterocycles. The molecule has 0 saturated carbocycles. The highest BCUT2D eigenvalue weighted by Gasteiger charge is 2.20. The zero-order valence-corrected chi connectivity index (χ0v) is 12.8. The minimum atomic E-state index is -0.0624. The van der Waals surface area contributed by atoms with Gasteiger partial charge in [-0.25, -0.2) is 4.99 Å². The number of allylic oxidation sites excluding steroid dienone is 2. The van der Waals surface area contributed by atoms with E-state index < -0.39 is 0 Å². The first-order chi connectivity index (χ1) is 10.2. The number of aliphatic imine (C=N–C) groups is 1. The fourth-order valence-corrected chi connectivity index (χ4v) is 3.32. The molecular weight excluding hydrogens is 258 g/mol. The molecule has 0 fully saturated rings. The van der Waals surface area contributed by atoms with Gasteiger partial charge < -0.3 is 0 Å². The van der Waals surface area contributed by atoms with E-state index in [0.717, 1.165) is 54.5 Å². The number of aryl methyl sites for hydroxylation is 1. The molecule has 21 heavy (non-hydrogen) atoms. The molecule has 1 aromatic carbocycles. The summed E-state index contributed by atoms with van der Waals surface area (Å²) in [6, 6.07) is 8.32. The standard InChI is InChI=1S/C19H21NO/c1-13-7-5-8-14(2)18(13)19(21)20-17-12-6-10-15-9-3-4-11-16(15)17/h3-4,7,9,11H,5-6,8,10,12H2,1-2H3. The van der Waals surface area contributed by atoms with Crippen LogP contribution in [-0.2, 0) is 11.2 Å². The van der Waals surface area contributed by atoms with Gasteiger partial charge in [0, 0.05) is 5.57 Å². The molecule has 2 heteroatoms. The number of hydrogen-bond acceptors (Lipinski definition) is 1. The van der Waals surface area contributed by atoms with E-state index in [4.69, 9.17) is 0 Å². The van der Waals surface area contributed by atoms with Gasteiger partial charge in [-0.15, -0.1) is 0 Å². The monoisotopic (exact) mass is 279 g/mol. The number of fused-ring (bicyclic) bond motifs is 1. The average molecular weight is 279 g/mol. The van der Waals surface area contributed by atoms with Crippen LogP contribution in [0.4, 0.5) is 0 Å². The van der Waals surface area contributed by atoms with Crippen molar-refractivity contribution in [1.29, 1.82) is 0 Å². The molecule has 2 nitrogen and oxygen atoms in total. The number of nitrogens with zero attached hydrogens (tertiary/aromatic N) is 1. The van der Waals surface area contributed by atoms with E-state index in [1.54, 1.807) is 0 Å². The molecule has 0 heterocycles. The Hall–Kier alpha value is -1.96. The van der Waals surface area contributed by atoms with Crippen molar-refractivity contribution in [3.63, 3.8) is 0 Å². The number of hydrogen-bond donors (Lipinski definition) is 0. The van der Waals surface area contributed by atoms with Crippen LogP contribution in [0.1, 0.15) is 50.7 Å². The van der Waals surface area contributed by atoms with Gasteiger partial charge in [0.25, 0.3) is 5.91 Å². The molecule has 1 amide bonds. The maximum Gasteiger partial charge on any atom is 0.277 e. The van der Waals surface area contributed by atoms with Crippen LogP contribution in [0.15, 0.2) is 52.1 Å². The Morgan fingerprint density at radius 3 is 2.71 bits per heavy atom. The number of benzene rings is 1. The molecule has 0 unspecified atom stereocenters. The molecule has 1 aromatic rings. The Labute approximate surface area is 126 Å². The molecule has 0 aromatic heterocycles. The van der Waals surface area contributed by atoms with E-state index in [1.165, 1.54) is 11.1 Å². The molecule has 0 atom stereocenters. The third kappa shape index (κ3) is 2.76. The van der Waals surface area contributed by atoms with Gasteiger partial charge >= 0.3 is 0 Å². The van der Waals surface area contributed by atoms with Crippen molar-refractivity contribution in [2.24, 2.45) is 4.99 Å². The van der Waals surface area contributed by atoms with Crippen LogP contribution in [0.25, 0.3) is 0 Å². The summed E-state index contributed by atoms with van der Waals surface area (Å²) in [7, 11) is 0. The van der Waals surface area contributed by atoms with E-state index in [1.807, 2.05) is 13.0 Å². The van der Waals surface area contributed by atoms with Crippen molar-refractivity contribution < 1.29 is 4.79 Å². The van der Waals surface area contributed by atoms with E-state index in [0.29, 0.717) is 0 Å². The fourth-order valence-electron chi connectivity index (χ4n) is 3.32. The first kappa shape index (κ1) is 14.0. The number of carbonyl (C=O) groups is 1. The van der Waals surface area contributed by atoms with Crippen LogP contribution in [0.2, 0.25) is 0 Å².